The van der Waals surface area contributed by atoms with E-state index in [1.165, 1.54) is 24.1 Å². The zero-order chi connectivity index (χ0) is 18.6. The van der Waals surface area contributed by atoms with Gasteiger partial charge in [0.15, 0.2) is 5.96 Å². The molecule has 2 saturated heterocycles. The van der Waals surface area contributed by atoms with E-state index in [0.29, 0.717) is 18.6 Å². The number of nitrogens with one attached hydrogen (secondary N) is 1. The van der Waals surface area contributed by atoms with E-state index in [9.17, 15) is 0 Å². The minimum Gasteiger partial charge on any atom is -0.383 e. The molecule has 1 atom stereocenters. The smallest absolute Gasteiger partial charge is 0.194 e. The standard InChI is InChI=1S/C19H33N5O2/c1-5-20-18(23-8-6-19(13-23)7-10-26-14-19)21-12-17-15(2)22-24(16(17)3)9-11-25-4/h5-14H2,1-4H3,(H,20,21). The summed E-state index contributed by atoms with van der Waals surface area (Å²) in [5, 5.41) is 8.11. The fraction of sp³-hybridized carbons (Fsp3) is 0.789. The van der Waals surface area contributed by atoms with Crippen LogP contribution in [-0.4, -0.2) is 67.2 Å². The predicted molar refractivity (Wildman–Crippen MR) is 102 cm³/mol. The van der Waals surface area contributed by atoms with Gasteiger partial charge in [-0.1, -0.05) is 0 Å². The van der Waals surface area contributed by atoms with Crippen LogP contribution < -0.4 is 5.32 Å². The number of ether oxygens (including phenoxy) is 2. The largest absolute Gasteiger partial charge is 0.383 e. The highest BCUT2D eigenvalue weighted by Crippen LogP contribution is 2.38. The highest BCUT2D eigenvalue weighted by atomic mass is 16.5. The lowest BCUT2D eigenvalue weighted by Crippen LogP contribution is -2.41. The number of hydrogen-bond donors (Lipinski definition) is 1. The number of aryl methyl sites for hydroxylation is 1. The minimum atomic E-state index is 0.340. The van der Waals surface area contributed by atoms with Crippen molar-refractivity contribution in [3.8, 4) is 0 Å². The molecule has 1 N–H and O–H groups in total. The van der Waals surface area contributed by atoms with Gasteiger partial charge in [0.05, 0.1) is 32.0 Å². The van der Waals surface area contributed by atoms with Crippen LogP contribution in [0.5, 0.6) is 0 Å². The lowest BCUT2D eigenvalue weighted by atomic mass is 9.87. The topological polar surface area (TPSA) is 63.9 Å². The number of nitrogens with zero attached hydrogens (tertiary/aromatic N) is 4. The minimum absolute atomic E-state index is 0.340. The van der Waals surface area contributed by atoms with Gasteiger partial charge < -0.3 is 19.7 Å². The molecule has 1 aromatic rings. The summed E-state index contributed by atoms with van der Waals surface area (Å²) in [5.41, 5.74) is 3.80. The summed E-state index contributed by atoms with van der Waals surface area (Å²) in [6.07, 6.45) is 2.37. The van der Waals surface area contributed by atoms with E-state index in [1.54, 1.807) is 7.11 Å². The van der Waals surface area contributed by atoms with Gasteiger partial charge in [-0.25, -0.2) is 4.99 Å². The summed E-state index contributed by atoms with van der Waals surface area (Å²) < 4.78 is 12.9. The molecular formula is C19H33N5O2. The van der Waals surface area contributed by atoms with Crippen molar-refractivity contribution in [1.82, 2.24) is 20.0 Å². The molecule has 2 aliphatic rings. The first-order valence-corrected chi connectivity index (χ1v) is 9.71. The number of guanidine groups is 1. The van der Waals surface area contributed by atoms with Crippen molar-refractivity contribution in [1.29, 1.82) is 0 Å². The van der Waals surface area contributed by atoms with E-state index >= 15 is 0 Å². The summed E-state index contributed by atoms with van der Waals surface area (Å²) in [7, 11) is 1.72. The molecule has 146 valence electrons. The Bertz CT molecular complexity index is 634. The molecule has 0 aliphatic carbocycles. The molecule has 1 spiro atoms. The maximum atomic E-state index is 5.66. The van der Waals surface area contributed by atoms with E-state index in [0.717, 1.165) is 51.0 Å². The van der Waals surface area contributed by atoms with Gasteiger partial charge in [0, 0.05) is 50.0 Å². The van der Waals surface area contributed by atoms with E-state index in [2.05, 4.69) is 36.1 Å². The van der Waals surface area contributed by atoms with Crippen LogP contribution in [0, 0.1) is 19.3 Å². The van der Waals surface area contributed by atoms with Crippen LogP contribution in [0.15, 0.2) is 4.99 Å². The first-order chi connectivity index (χ1) is 12.6. The van der Waals surface area contributed by atoms with E-state index in [4.69, 9.17) is 14.5 Å². The quantitative estimate of drug-likeness (QED) is 0.616. The van der Waals surface area contributed by atoms with Crippen LogP contribution in [-0.2, 0) is 22.6 Å². The number of rotatable bonds is 6. The van der Waals surface area contributed by atoms with Gasteiger partial charge in [-0.05, 0) is 33.6 Å². The molecular weight excluding hydrogens is 330 g/mol. The van der Waals surface area contributed by atoms with Crippen molar-refractivity contribution in [3.05, 3.63) is 17.0 Å². The molecule has 3 heterocycles. The van der Waals surface area contributed by atoms with E-state index in [1.807, 2.05) is 4.68 Å². The van der Waals surface area contributed by atoms with Gasteiger partial charge in [0.2, 0.25) is 0 Å². The van der Waals surface area contributed by atoms with Gasteiger partial charge in [0.25, 0.3) is 0 Å². The van der Waals surface area contributed by atoms with Crippen molar-refractivity contribution in [2.75, 3.05) is 46.6 Å². The average Bonchev–Trinajstić information content (AvgIpc) is 3.33. The molecule has 0 radical (unpaired) electrons. The highest BCUT2D eigenvalue weighted by molar-refractivity contribution is 5.80. The third-order valence-corrected chi connectivity index (χ3v) is 5.68. The third kappa shape index (κ3) is 4.04. The Morgan fingerprint density at radius 1 is 1.38 bits per heavy atom. The molecule has 1 unspecified atom stereocenters. The van der Waals surface area contributed by atoms with Gasteiger partial charge in [-0.2, -0.15) is 5.10 Å². The van der Waals surface area contributed by atoms with E-state index < -0.39 is 0 Å². The summed E-state index contributed by atoms with van der Waals surface area (Å²) in [6.45, 7) is 13.2. The predicted octanol–water partition coefficient (Wildman–Crippen LogP) is 1.72. The fourth-order valence-electron chi connectivity index (χ4n) is 4.03. The first-order valence-electron chi connectivity index (χ1n) is 9.71. The summed E-state index contributed by atoms with van der Waals surface area (Å²) >= 11 is 0. The zero-order valence-electron chi connectivity index (χ0n) is 16.7. The Kier molecular flexibility index (Phi) is 6.19. The summed E-state index contributed by atoms with van der Waals surface area (Å²) in [6, 6.07) is 0. The van der Waals surface area contributed by atoms with Crippen LogP contribution in [0.2, 0.25) is 0 Å². The summed E-state index contributed by atoms with van der Waals surface area (Å²) in [4.78, 5) is 7.34. The van der Waals surface area contributed by atoms with Crippen LogP contribution >= 0.6 is 0 Å². The normalized spacial score (nSPS) is 23.4. The molecule has 0 saturated carbocycles. The number of hydrogen-bond acceptors (Lipinski definition) is 4. The van der Waals surface area contributed by atoms with Crippen molar-refractivity contribution in [3.63, 3.8) is 0 Å². The molecule has 2 fully saturated rings. The number of aromatic nitrogens is 2. The van der Waals surface area contributed by atoms with Gasteiger partial charge in [0.1, 0.15) is 0 Å². The second-order valence-electron chi connectivity index (χ2n) is 7.51. The summed E-state index contributed by atoms with van der Waals surface area (Å²) in [5.74, 6) is 1.01. The van der Waals surface area contributed by atoms with Crippen molar-refractivity contribution in [2.45, 2.75) is 46.7 Å². The Hall–Kier alpha value is -1.60. The number of aliphatic imine (C=N–C) groups is 1. The lowest BCUT2D eigenvalue weighted by molar-refractivity contribution is 0.156. The zero-order valence-corrected chi connectivity index (χ0v) is 16.7. The Morgan fingerprint density at radius 2 is 2.23 bits per heavy atom. The Balaban J connectivity index is 1.71. The second kappa shape index (κ2) is 8.39. The van der Waals surface area contributed by atoms with E-state index in [-0.39, 0.29) is 0 Å². The molecule has 0 bridgehead atoms. The maximum Gasteiger partial charge on any atom is 0.194 e. The van der Waals surface area contributed by atoms with Crippen LogP contribution in [0.25, 0.3) is 0 Å². The lowest BCUT2D eigenvalue weighted by Gasteiger charge is -2.25. The monoisotopic (exact) mass is 363 g/mol. The van der Waals surface area contributed by atoms with Crippen LogP contribution in [0.3, 0.4) is 0 Å². The average molecular weight is 364 g/mol. The highest BCUT2D eigenvalue weighted by Gasteiger charge is 2.42. The van der Waals surface area contributed by atoms with Gasteiger partial charge >= 0.3 is 0 Å². The van der Waals surface area contributed by atoms with Crippen molar-refractivity contribution >= 4 is 5.96 Å². The molecule has 0 amide bonds. The molecule has 26 heavy (non-hydrogen) atoms. The van der Waals surface area contributed by atoms with Crippen LogP contribution in [0.4, 0.5) is 0 Å². The first kappa shape index (κ1) is 19.2. The molecule has 2 aliphatic heterocycles. The van der Waals surface area contributed by atoms with Crippen LogP contribution in [0.1, 0.15) is 36.7 Å². The van der Waals surface area contributed by atoms with Gasteiger partial charge in [-0.15, -0.1) is 0 Å². The molecule has 7 nitrogen and oxygen atoms in total. The van der Waals surface area contributed by atoms with Crippen molar-refractivity contribution < 1.29 is 9.47 Å². The Morgan fingerprint density at radius 3 is 2.92 bits per heavy atom. The number of methoxy groups -OCH3 is 1. The molecule has 3 rings (SSSR count). The molecule has 0 aromatic carbocycles. The third-order valence-electron chi connectivity index (χ3n) is 5.68. The number of likely N-dealkylation sites (tertiary alicyclic amines) is 1. The fourth-order valence-corrected chi connectivity index (χ4v) is 4.03. The molecule has 1 aromatic heterocycles. The maximum absolute atomic E-state index is 5.66. The van der Waals surface area contributed by atoms with Crippen molar-refractivity contribution in [2.24, 2.45) is 10.4 Å². The second-order valence-corrected chi connectivity index (χ2v) is 7.51. The molecule has 7 heteroatoms. The van der Waals surface area contributed by atoms with Gasteiger partial charge in [-0.3, -0.25) is 4.68 Å². The SMILES string of the molecule is CCNC(=NCc1c(C)nn(CCOC)c1C)N1CCC2(CCOC2)C1. The Labute approximate surface area is 156 Å².